The molecule has 5 nitrogen and oxygen atoms in total. The molecule has 0 aliphatic carbocycles. The number of carbonyl (C=O) groups is 2. The molecule has 0 spiro atoms. The van der Waals surface area contributed by atoms with Crippen molar-refractivity contribution in [3.05, 3.63) is 29.3 Å². The van der Waals surface area contributed by atoms with Crippen molar-refractivity contribution in [1.29, 1.82) is 0 Å². The highest BCUT2D eigenvalue weighted by Crippen LogP contribution is 2.21. The second-order valence-electron chi connectivity index (χ2n) is 6.18. The highest BCUT2D eigenvalue weighted by Gasteiger charge is 2.29. The number of ether oxygens (including phenoxy) is 1. The first kappa shape index (κ1) is 17.3. The number of carboxylic acid groups (broad SMARTS) is 1. The summed E-state index contributed by atoms with van der Waals surface area (Å²) in [6.45, 7) is 5.27. The number of aliphatic carboxylic acids is 1. The van der Waals surface area contributed by atoms with Gasteiger partial charge in [-0.3, -0.25) is 9.59 Å². The van der Waals surface area contributed by atoms with Gasteiger partial charge < -0.3 is 14.7 Å². The summed E-state index contributed by atoms with van der Waals surface area (Å²) in [6, 6.07) is 5.82. The van der Waals surface area contributed by atoms with Crippen LogP contribution in [0.25, 0.3) is 0 Å². The number of likely N-dealkylation sites (tertiary alicyclic amines) is 1. The number of benzene rings is 1. The van der Waals surface area contributed by atoms with E-state index in [0.717, 1.165) is 18.6 Å². The van der Waals surface area contributed by atoms with E-state index in [4.69, 9.17) is 9.84 Å². The van der Waals surface area contributed by atoms with E-state index in [2.05, 4.69) is 6.92 Å². The number of nitrogens with zero attached hydrogens (tertiary/aromatic N) is 1. The predicted molar refractivity (Wildman–Crippen MR) is 87.6 cm³/mol. The molecule has 1 unspecified atom stereocenters. The third-order valence-corrected chi connectivity index (χ3v) is 4.39. The van der Waals surface area contributed by atoms with Crippen LogP contribution in [0.5, 0.6) is 5.75 Å². The molecular formula is C18H25NO4. The molecule has 5 heteroatoms. The number of hydrogen-bond donors (Lipinski definition) is 1. The molecule has 0 radical (unpaired) electrons. The van der Waals surface area contributed by atoms with Gasteiger partial charge in [0.2, 0.25) is 5.91 Å². The summed E-state index contributed by atoms with van der Waals surface area (Å²) in [7, 11) is 0. The molecular weight excluding hydrogens is 294 g/mol. The lowest BCUT2D eigenvalue weighted by Crippen LogP contribution is -2.36. The SMILES string of the molecule is Cc1ccc(OCCCC(=O)N2CCCC2CC(=O)O)cc1C. The van der Waals surface area contributed by atoms with Crippen LogP contribution < -0.4 is 4.74 Å². The van der Waals surface area contributed by atoms with Gasteiger partial charge in [-0.05, 0) is 56.4 Å². The van der Waals surface area contributed by atoms with Gasteiger partial charge in [0.15, 0.2) is 0 Å². The van der Waals surface area contributed by atoms with Crippen LogP contribution in [0.3, 0.4) is 0 Å². The molecule has 1 atom stereocenters. The molecule has 1 amide bonds. The first-order valence-electron chi connectivity index (χ1n) is 8.18. The second-order valence-corrected chi connectivity index (χ2v) is 6.18. The van der Waals surface area contributed by atoms with E-state index in [1.807, 2.05) is 25.1 Å². The average molecular weight is 319 g/mol. The van der Waals surface area contributed by atoms with Crippen molar-refractivity contribution in [3.63, 3.8) is 0 Å². The smallest absolute Gasteiger partial charge is 0.305 e. The summed E-state index contributed by atoms with van der Waals surface area (Å²) < 4.78 is 5.68. The fourth-order valence-corrected chi connectivity index (χ4v) is 2.94. The van der Waals surface area contributed by atoms with Crippen molar-refractivity contribution in [1.82, 2.24) is 4.90 Å². The van der Waals surface area contributed by atoms with Gasteiger partial charge in [0.05, 0.1) is 13.0 Å². The Kier molecular flexibility index (Phi) is 6.02. The van der Waals surface area contributed by atoms with Crippen molar-refractivity contribution in [2.24, 2.45) is 0 Å². The van der Waals surface area contributed by atoms with Crippen molar-refractivity contribution in [2.45, 2.75) is 52.0 Å². The van der Waals surface area contributed by atoms with Crippen LogP contribution in [0.2, 0.25) is 0 Å². The lowest BCUT2D eigenvalue weighted by atomic mass is 10.1. The third kappa shape index (κ3) is 4.98. The zero-order chi connectivity index (χ0) is 16.8. The van der Waals surface area contributed by atoms with Gasteiger partial charge in [0.25, 0.3) is 0 Å². The zero-order valence-electron chi connectivity index (χ0n) is 13.9. The van der Waals surface area contributed by atoms with Gasteiger partial charge in [-0.1, -0.05) is 6.07 Å². The van der Waals surface area contributed by atoms with Gasteiger partial charge in [0.1, 0.15) is 5.75 Å². The summed E-state index contributed by atoms with van der Waals surface area (Å²) in [5.41, 5.74) is 2.41. The molecule has 1 aliphatic rings. The van der Waals surface area contributed by atoms with Gasteiger partial charge in [-0.2, -0.15) is 0 Å². The third-order valence-electron chi connectivity index (χ3n) is 4.39. The molecule has 0 aromatic heterocycles. The van der Waals surface area contributed by atoms with E-state index >= 15 is 0 Å². The minimum atomic E-state index is -0.840. The minimum Gasteiger partial charge on any atom is -0.494 e. The van der Waals surface area contributed by atoms with Crippen molar-refractivity contribution >= 4 is 11.9 Å². The number of rotatable bonds is 7. The highest BCUT2D eigenvalue weighted by molar-refractivity contribution is 5.78. The van der Waals surface area contributed by atoms with Crippen molar-refractivity contribution in [3.8, 4) is 5.75 Å². The van der Waals surface area contributed by atoms with E-state index in [1.165, 1.54) is 11.1 Å². The van der Waals surface area contributed by atoms with E-state index in [0.29, 0.717) is 26.0 Å². The molecule has 1 fully saturated rings. The Bertz CT molecular complexity index is 570. The Morgan fingerprint density at radius 1 is 1.30 bits per heavy atom. The molecule has 1 heterocycles. The molecule has 0 saturated carbocycles. The predicted octanol–water partition coefficient (Wildman–Crippen LogP) is 2.93. The Balaban J connectivity index is 1.74. The average Bonchev–Trinajstić information content (AvgIpc) is 2.94. The lowest BCUT2D eigenvalue weighted by molar-refractivity contribution is -0.139. The fourth-order valence-electron chi connectivity index (χ4n) is 2.94. The minimum absolute atomic E-state index is 0.0393. The number of amides is 1. The van der Waals surface area contributed by atoms with E-state index < -0.39 is 5.97 Å². The summed E-state index contributed by atoms with van der Waals surface area (Å²) >= 11 is 0. The largest absolute Gasteiger partial charge is 0.494 e. The van der Waals surface area contributed by atoms with Crippen LogP contribution in [-0.4, -0.2) is 41.1 Å². The number of aryl methyl sites for hydroxylation is 2. The van der Waals surface area contributed by atoms with Gasteiger partial charge >= 0.3 is 5.97 Å². The molecule has 126 valence electrons. The molecule has 1 aliphatic heterocycles. The highest BCUT2D eigenvalue weighted by atomic mass is 16.5. The maximum absolute atomic E-state index is 12.2. The van der Waals surface area contributed by atoms with Crippen LogP contribution in [0.15, 0.2) is 18.2 Å². The van der Waals surface area contributed by atoms with Gasteiger partial charge in [0, 0.05) is 19.0 Å². The first-order valence-corrected chi connectivity index (χ1v) is 8.18. The molecule has 0 bridgehead atoms. The molecule has 23 heavy (non-hydrogen) atoms. The summed E-state index contributed by atoms with van der Waals surface area (Å²) in [5.74, 6) is 0.0238. The van der Waals surface area contributed by atoms with Crippen LogP contribution in [0.1, 0.15) is 43.2 Å². The van der Waals surface area contributed by atoms with E-state index in [9.17, 15) is 9.59 Å². The van der Waals surface area contributed by atoms with Crippen LogP contribution in [0.4, 0.5) is 0 Å². The molecule has 1 N–H and O–H groups in total. The first-order chi connectivity index (χ1) is 11.0. The Morgan fingerprint density at radius 2 is 2.09 bits per heavy atom. The van der Waals surface area contributed by atoms with Crippen molar-refractivity contribution in [2.75, 3.05) is 13.2 Å². The second kappa shape index (κ2) is 7.99. The normalized spacial score (nSPS) is 17.3. The summed E-state index contributed by atoms with van der Waals surface area (Å²) in [6.07, 6.45) is 2.77. The van der Waals surface area contributed by atoms with Gasteiger partial charge in [-0.15, -0.1) is 0 Å². The maximum Gasteiger partial charge on any atom is 0.305 e. The maximum atomic E-state index is 12.2. The van der Waals surface area contributed by atoms with Gasteiger partial charge in [-0.25, -0.2) is 0 Å². The number of carbonyl (C=O) groups excluding carboxylic acids is 1. The van der Waals surface area contributed by atoms with Crippen LogP contribution >= 0.6 is 0 Å². The standard InChI is InChI=1S/C18H25NO4/c1-13-7-8-16(11-14(13)2)23-10-4-6-17(20)19-9-3-5-15(19)12-18(21)22/h7-8,11,15H,3-6,9-10,12H2,1-2H3,(H,21,22). The van der Waals surface area contributed by atoms with E-state index in [1.54, 1.807) is 4.90 Å². The lowest BCUT2D eigenvalue weighted by Gasteiger charge is -2.23. The Hall–Kier alpha value is -2.04. The fraction of sp³-hybridized carbons (Fsp3) is 0.556. The van der Waals surface area contributed by atoms with Crippen molar-refractivity contribution < 1.29 is 19.4 Å². The topological polar surface area (TPSA) is 66.8 Å². The molecule has 1 aromatic rings. The Morgan fingerprint density at radius 3 is 2.78 bits per heavy atom. The molecule has 2 rings (SSSR count). The van der Waals surface area contributed by atoms with E-state index in [-0.39, 0.29) is 18.4 Å². The summed E-state index contributed by atoms with van der Waals surface area (Å²) in [4.78, 5) is 24.8. The molecule has 1 aromatic carbocycles. The monoisotopic (exact) mass is 319 g/mol. The number of hydrogen-bond acceptors (Lipinski definition) is 3. The van der Waals surface area contributed by atoms with Crippen LogP contribution in [-0.2, 0) is 9.59 Å². The Labute approximate surface area is 137 Å². The zero-order valence-corrected chi connectivity index (χ0v) is 13.9. The number of carboxylic acids is 1. The van der Waals surface area contributed by atoms with Crippen LogP contribution in [0, 0.1) is 13.8 Å². The quantitative estimate of drug-likeness (QED) is 0.785. The summed E-state index contributed by atoms with van der Waals surface area (Å²) in [5, 5.41) is 8.90. The molecule has 1 saturated heterocycles.